The topological polar surface area (TPSA) is 37.8 Å². The maximum Gasteiger partial charge on any atom is 0.0812 e. The molecule has 0 amide bonds. The molecule has 0 saturated heterocycles. The largest absolute Gasteiger partial charge is 0.362 e. The van der Waals surface area contributed by atoms with Crippen LogP contribution in [0.2, 0.25) is 0 Å². The molecule has 0 aliphatic heterocycles. The second kappa shape index (κ2) is 5.93. The van der Waals surface area contributed by atoms with E-state index in [-0.39, 0.29) is 12.1 Å². The SMILES string of the molecule is C=CNc1cc(-c2ccc(SF)cc2)nc2ccncc12. The lowest BCUT2D eigenvalue weighted by atomic mass is 10.1. The molecular weight excluding hydrogens is 285 g/mol. The molecule has 0 spiro atoms. The summed E-state index contributed by atoms with van der Waals surface area (Å²) < 4.78 is 12.5. The molecule has 0 aliphatic carbocycles. The second-order valence-electron chi connectivity index (χ2n) is 4.40. The first-order valence-electron chi connectivity index (χ1n) is 6.33. The maximum atomic E-state index is 12.5. The van der Waals surface area contributed by atoms with Crippen LogP contribution in [0.1, 0.15) is 0 Å². The van der Waals surface area contributed by atoms with Gasteiger partial charge < -0.3 is 5.32 Å². The number of halogens is 1. The van der Waals surface area contributed by atoms with Gasteiger partial charge in [-0.1, -0.05) is 18.7 Å². The molecule has 1 N–H and O–H groups in total. The van der Waals surface area contributed by atoms with E-state index in [1.165, 1.54) is 0 Å². The Balaban J connectivity index is 2.15. The number of benzene rings is 1. The van der Waals surface area contributed by atoms with Crippen molar-refractivity contribution in [2.45, 2.75) is 4.90 Å². The van der Waals surface area contributed by atoms with Crippen molar-refractivity contribution in [3.63, 3.8) is 0 Å². The minimum Gasteiger partial charge on any atom is -0.362 e. The molecule has 3 aromatic rings. The van der Waals surface area contributed by atoms with Gasteiger partial charge >= 0.3 is 0 Å². The molecule has 1 aromatic carbocycles. The van der Waals surface area contributed by atoms with E-state index in [0.717, 1.165) is 27.8 Å². The first-order valence-corrected chi connectivity index (χ1v) is 7.05. The Hall–Kier alpha value is -2.40. The van der Waals surface area contributed by atoms with Gasteiger partial charge in [0, 0.05) is 28.2 Å². The fraction of sp³-hybridized carbons (Fsp3) is 0. The molecule has 0 bridgehead atoms. The predicted molar refractivity (Wildman–Crippen MR) is 85.8 cm³/mol. The Morgan fingerprint density at radius 1 is 1.19 bits per heavy atom. The number of pyridine rings is 2. The molecule has 0 atom stereocenters. The molecule has 0 saturated carbocycles. The van der Waals surface area contributed by atoms with Crippen LogP contribution >= 0.6 is 12.1 Å². The lowest BCUT2D eigenvalue weighted by Gasteiger charge is -2.09. The normalized spacial score (nSPS) is 10.5. The van der Waals surface area contributed by atoms with Gasteiger partial charge in [0.25, 0.3) is 0 Å². The highest BCUT2D eigenvalue weighted by molar-refractivity contribution is 7.94. The fourth-order valence-electron chi connectivity index (χ4n) is 2.12. The molecule has 0 radical (unpaired) electrons. The van der Waals surface area contributed by atoms with E-state index in [2.05, 4.69) is 21.9 Å². The van der Waals surface area contributed by atoms with Crippen LogP contribution in [-0.4, -0.2) is 9.97 Å². The highest BCUT2D eigenvalue weighted by Gasteiger charge is 2.07. The summed E-state index contributed by atoms with van der Waals surface area (Å²) >= 11 is 0.232. The van der Waals surface area contributed by atoms with Crippen molar-refractivity contribution >= 4 is 28.7 Å². The highest BCUT2D eigenvalue weighted by atomic mass is 32.2. The standard InChI is InChI=1S/C16H12FN3S/c1-2-19-16-9-15(11-3-5-12(21-17)6-4-11)20-14-7-8-18-10-13(14)16/h2-10H,1H2,(H,19,20). The summed E-state index contributed by atoms with van der Waals surface area (Å²) in [5.41, 5.74) is 3.48. The van der Waals surface area contributed by atoms with E-state index < -0.39 is 0 Å². The number of anilines is 1. The quantitative estimate of drug-likeness (QED) is 0.748. The van der Waals surface area contributed by atoms with E-state index in [4.69, 9.17) is 0 Å². The molecule has 5 heteroatoms. The van der Waals surface area contributed by atoms with Crippen LogP contribution in [0.25, 0.3) is 22.2 Å². The number of nitrogens with one attached hydrogen (secondary N) is 1. The zero-order valence-corrected chi connectivity index (χ0v) is 11.9. The van der Waals surface area contributed by atoms with Crippen LogP contribution in [0.5, 0.6) is 0 Å². The molecule has 3 rings (SSSR count). The van der Waals surface area contributed by atoms with Gasteiger partial charge in [-0.2, -0.15) is 3.89 Å². The Kier molecular flexibility index (Phi) is 3.83. The van der Waals surface area contributed by atoms with Crippen molar-refractivity contribution in [2.24, 2.45) is 0 Å². The summed E-state index contributed by atoms with van der Waals surface area (Å²) in [6.07, 6.45) is 5.09. The molecule has 0 unspecified atom stereocenters. The van der Waals surface area contributed by atoms with Gasteiger partial charge in [0.15, 0.2) is 0 Å². The van der Waals surface area contributed by atoms with Gasteiger partial charge in [-0.25, -0.2) is 4.98 Å². The first kappa shape index (κ1) is 13.6. The second-order valence-corrected chi connectivity index (χ2v) is 5.02. The van der Waals surface area contributed by atoms with Gasteiger partial charge in [-0.15, -0.1) is 0 Å². The van der Waals surface area contributed by atoms with Crippen LogP contribution < -0.4 is 5.32 Å². The highest BCUT2D eigenvalue weighted by Crippen LogP contribution is 2.29. The van der Waals surface area contributed by atoms with Gasteiger partial charge in [-0.3, -0.25) is 4.98 Å². The zero-order valence-electron chi connectivity index (χ0n) is 11.1. The third kappa shape index (κ3) is 2.73. The Labute approximate surface area is 126 Å². The van der Waals surface area contributed by atoms with Crippen molar-refractivity contribution in [3.8, 4) is 11.3 Å². The smallest absolute Gasteiger partial charge is 0.0812 e. The zero-order chi connectivity index (χ0) is 14.7. The van der Waals surface area contributed by atoms with Crippen LogP contribution in [0.15, 0.2) is 66.5 Å². The maximum absolute atomic E-state index is 12.5. The van der Waals surface area contributed by atoms with E-state index in [9.17, 15) is 3.89 Å². The Bertz CT molecular complexity index is 787. The summed E-state index contributed by atoms with van der Waals surface area (Å²) in [6, 6.07) is 11.0. The minimum atomic E-state index is 0.232. The van der Waals surface area contributed by atoms with Crippen molar-refractivity contribution in [3.05, 3.63) is 61.6 Å². The lowest BCUT2D eigenvalue weighted by Crippen LogP contribution is -1.93. The number of hydrogen-bond acceptors (Lipinski definition) is 4. The lowest BCUT2D eigenvalue weighted by molar-refractivity contribution is 0.934. The summed E-state index contributed by atoms with van der Waals surface area (Å²) in [5, 5.41) is 4.03. The van der Waals surface area contributed by atoms with Gasteiger partial charge in [0.05, 0.1) is 29.0 Å². The van der Waals surface area contributed by atoms with Crippen LogP contribution in [0.4, 0.5) is 9.57 Å². The molecule has 0 fully saturated rings. The number of fused-ring (bicyclic) bond motifs is 1. The van der Waals surface area contributed by atoms with Crippen molar-refractivity contribution in [1.29, 1.82) is 0 Å². The van der Waals surface area contributed by atoms with Crippen molar-refractivity contribution in [2.75, 3.05) is 5.32 Å². The van der Waals surface area contributed by atoms with Crippen LogP contribution in [0, 0.1) is 0 Å². The van der Waals surface area contributed by atoms with E-state index in [1.807, 2.05) is 24.3 Å². The average Bonchev–Trinajstić information content (AvgIpc) is 2.55. The molecule has 3 nitrogen and oxygen atoms in total. The van der Waals surface area contributed by atoms with E-state index in [0.29, 0.717) is 4.90 Å². The molecule has 0 aliphatic rings. The molecule has 2 heterocycles. The van der Waals surface area contributed by atoms with Crippen molar-refractivity contribution < 1.29 is 3.89 Å². The first-order chi connectivity index (χ1) is 10.3. The number of rotatable bonds is 4. The monoisotopic (exact) mass is 297 g/mol. The summed E-state index contributed by atoms with van der Waals surface area (Å²) in [6.45, 7) is 3.69. The number of aromatic nitrogens is 2. The summed E-state index contributed by atoms with van der Waals surface area (Å²) in [4.78, 5) is 9.33. The van der Waals surface area contributed by atoms with Gasteiger partial charge in [0.1, 0.15) is 0 Å². The van der Waals surface area contributed by atoms with Gasteiger partial charge in [0.2, 0.25) is 0 Å². The molecule has 21 heavy (non-hydrogen) atoms. The van der Waals surface area contributed by atoms with Crippen LogP contribution in [0.3, 0.4) is 0 Å². The minimum absolute atomic E-state index is 0.232. The van der Waals surface area contributed by atoms with Gasteiger partial charge in [-0.05, 0) is 30.5 Å². The van der Waals surface area contributed by atoms with Crippen LogP contribution in [-0.2, 0) is 0 Å². The number of nitrogens with zero attached hydrogens (tertiary/aromatic N) is 2. The summed E-state index contributed by atoms with van der Waals surface area (Å²) in [7, 11) is 0. The number of hydrogen-bond donors (Lipinski definition) is 1. The summed E-state index contributed by atoms with van der Waals surface area (Å²) in [5.74, 6) is 0. The molecular formula is C16H12FN3S. The average molecular weight is 297 g/mol. The fourth-order valence-corrected chi connectivity index (χ4v) is 2.36. The molecule has 2 aromatic heterocycles. The predicted octanol–water partition coefficient (Wildman–Crippen LogP) is 4.83. The third-order valence-electron chi connectivity index (χ3n) is 3.11. The van der Waals surface area contributed by atoms with E-state index in [1.54, 1.807) is 30.7 Å². The van der Waals surface area contributed by atoms with E-state index >= 15 is 0 Å². The third-order valence-corrected chi connectivity index (χ3v) is 3.56. The Morgan fingerprint density at radius 2 is 2.00 bits per heavy atom. The Morgan fingerprint density at radius 3 is 2.71 bits per heavy atom. The van der Waals surface area contributed by atoms with Crippen molar-refractivity contribution in [1.82, 2.24) is 9.97 Å². The molecule has 104 valence electrons.